The highest BCUT2D eigenvalue weighted by Gasteiger charge is 2.03. The fourth-order valence-electron chi connectivity index (χ4n) is 0.500. The van der Waals surface area contributed by atoms with Crippen LogP contribution in [-0.4, -0.2) is 25.4 Å². The van der Waals surface area contributed by atoms with Gasteiger partial charge in [0.05, 0.1) is 6.61 Å². The summed E-state index contributed by atoms with van der Waals surface area (Å²) >= 11 is 0. The topological polar surface area (TPSA) is 78.5 Å². The third kappa shape index (κ3) is 0.945. The van der Waals surface area contributed by atoms with Crippen molar-refractivity contribution in [3.8, 4) is 5.75 Å². The molecule has 0 spiro atoms. The Labute approximate surface area is 50.7 Å². The molecule has 3 N–H and O–H groups in total. The average molecular weight is 130 g/mol. The summed E-state index contributed by atoms with van der Waals surface area (Å²) in [5, 5.41) is 28.9. The summed E-state index contributed by atoms with van der Waals surface area (Å²) in [6.45, 7) is -0.376. The lowest BCUT2D eigenvalue weighted by Gasteiger charge is -1.84. The first-order chi connectivity index (χ1) is 4.24. The van der Waals surface area contributed by atoms with Gasteiger partial charge in [0.15, 0.2) is 5.75 Å². The van der Waals surface area contributed by atoms with Crippen LogP contribution >= 0.6 is 0 Å². The molecule has 5 heteroatoms. The van der Waals surface area contributed by atoms with Crippen molar-refractivity contribution in [2.45, 2.75) is 6.61 Å². The molecule has 0 saturated heterocycles. The molecule has 0 unspecified atom stereocenters. The first-order valence-corrected chi connectivity index (χ1v) is 2.31. The van der Waals surface area contributed by atoms with Gasteiger partial charge in [-0.1, -0.05) is 0 Å². The van der Waals surface area contributed by atoms with Gasteiger partial charge in [-0.3, -0.25) is 0 Å². The molecular weight excluding hydrogens is 124 g/mol. The maximum Gasteiger partial charge on any atom is 0.163 e. The van der Waals surface area contributed by atoms with Gasteiger partial charge in [0.2, 0.25) is 0 Å². The molecule has 0 radical (unpaired) electrons. The van der Waals surface area contributed by atoms with Crippen molar-refractivity contribution in [3.63, 3.8) is 0 Å². The summed E-state index contributed by atoms with van der Waals surface area (Å²) < 4.78 is 0. The number of aromatic hydroxyl groups is 1. The molecule has 0 aliphatic rings. The number of rotatable bonds is 1. The number of aromatic nitrogens is 2. The minimum atomic E-state index is -0.376. The van der Waals surface area contributed by atoms with E-state index in [0.29, 0.717) is 4.85 Å². The normalized spacial score (nSPS) is 9.89. The number of nitrogens with zero attached hydrogens (tertiary/aromatic N) is 2. The van der Waals surface area contributed by atoms with Gasteiger partial charge in [-0.2, -0.15) is 0 Å². The van der Waals surface area contributed by atoms with Crippen molar-refractivity contribution in [2.75, 3.05) is 0 Å². The van der Waals surface area contributed by atoms with Crippen LogP contribution in [-0.2, 0) is 6.61 Å². The van der Waals surface area contributed by atoms with E-state index in [1.165, 1.54) is 0 Å². The maximum atomic E-state index is 8.73. The van der Waals surface area contributed by atoms with E-state index >= 15 is 0 Å². The lowest BCUT2D eigenvalue weighted by Crippen LogP contribution is -1.91. The van der Waals surface area contributed by atoms with Crippen LogP contribution in [0.2, 0.25) is 0 Å². The van der Waals surface area contributed by atoms with Crippen LogP contribution in [0.25, 0.3) is 0 Å². The van der Waals surface area contributed by atoms with E-state index < -0.39 is 0 Å². The fraction of sp³-hybridized carbons (Fsp3) is 0.250. The van der Waals surface area contributed by atoms with Crippen LogP contribution in [0.1, 0.15) is 5.69 Å². The van der Waals surface area contributed by atoms with E-state index in [2.05, 4.69) is 5.10 Å². The summed E-state index contributed by atoms with van der Waals surface area (Å²) in [4.78, 5) is 0.445. The summed E-state index contributed by atoms with van der Waals surface area (Å²) in [5.74, 6) is -0.208. The van der Waals surface area contributed by atoms with Crippen molar-refractivity contribution in [2.24, 2.45) is 0 Å². The van der Waals surface area contributed by atoms with Gasteiger partial charge in [0, 0.05) is 0 Å². The summed E-state index contributed by atoms with van der Waals surface area (Å²) in [5.41, 5.74) is 0.0671. The summed E-state index contributed by atoms with van der Waals surface area (Å²) in [7, 11) is 0. The van der Waals surface area contributed by atoms with E-state index in [-0.39, 0.29) is 18.1 Å². The van der Waals surface area contributed by atoms with E-state index in [4.69, 9.17) is 15.4 Å². The number of hydrogen-bond acceptors (Lipinski definition) is 4. The monoisotopic (exact) mass is 130 g/mol. The van der Waals surface area contributed by atoms with Crippen LogP contribution in [0.3, 0.4) is 0 Å². The summed E-state index contributed by atoms with van der Waals surface area (Å²) in [6.07, 6.45) is 0.992. The first-order valence-electron chi connectivity index (χ1n) is 2.31. The molecule has 0 saturated carbocycles. The molecule has 1 rings (SSSR count). The van der Waals surface area contributed by atoms with Gasteiger partial charge in [-0.15, -0.1) is 9.94 Å². The molecule has 5 nitrogen and oxygen atoms in total. The largest absolute Gasteiger partial charge is 0.504 e. The minimum Gasteiger partial charge on any atom is -0.504 e. The Morgan fingerprint density at radius 1 is 1.67 bits per heavy atom. The van der Waals surface area contributed by atoms with Crippen LogP contribution < -0.4 is 0 Å². The Morgan fingerprint density at radius 3 is 2.56 bits per heavy atom. The highest BCUT2D eigenvalue weighted by Crippen LogP contribution is 2.11. The van der Waals surface area contributed by atoms with Gasteiger partial charge in [-0.25, -0.2) is 0 Å². The molecule has 0 atom stereocenters. The number of hydrogen-bond donors (Lipinski definition) is 3. The Morgan fingerprint density at radius 2 is 2.33 bits per heavy atom. The van der Waals surface area contributed by atoms with Gasteiger partial charge in [0.25, 0.3) is 0 Å². The molecule has 50 valence electrons. The molecule has 0 aliphatic heterocycles. The second-order valence-electron chi connectivity index (χ2n) is 1.54. The molecule has 1 aromatic heterocycles. The molecule has 0 aromatic carbocycles. The molecule has 1 aromatic rings. The predicted molar refractivity (Wildman–Crippen MR) is 27.0 cm³/mol. The minimum absolute atomic E-state index is 0.0671. The standard InChI is InChI=1S/C4H6N2O3/c7-2-3-4(8)1-6(9)5-3/h1,7-9H,2H2. The quantitative estimate of drug-likeness (QED) is 0.440. The van der Waals surface area contributed by atoms with Gasteiger partial charge >= 0.3 is 0 Å². The highest BCUT2D eigenvalue weighted by molar-refractivity contribution is 5.20. The molecule has 0 aliphatic carbocycles. The third-order valence-corrected chi connectivity index (χ3v) is 0.906. The maximum absolute atomic E-state index is 8.73. The molecule has 9 heavy (non-hydrogen) atoms. The van der Waals surface area contributed by atoms with Crippen LogP contribution in [0.15, 0.2) is 6.20 Å². The zero-order valence-corrected chi connectivity index (χ0v) is 4.52. The molecule has 1 heterocycles. The second-order valence-corrected chi connectivity index (χ2v) is 1.54. The van der Waals surface area contributed by atoms with E-state index in [0.717, 1.165) is 6.20 Å². The van der Waals surface area contributed by atoms with Crippen molar-refractivity contribution in [1.29, 1.82) is 0 Å². The van der Waals surface area contributed by atoms with Crippen LogP contribution in [0.4, 0.5) is 0 Å². The highest BCUT2D eigenvalue weighted by atomic mass is 16.5. The Hall–Kier alpha value is -1.23. The lowest BCUT2D eigenvalue weighted by molar-refractivity contribution is 0.144. The van der Waals surface area contributed by atoms with Gasteiger partial charge in [0.1, 0.15) is 11.9 Å². The van der Waals surface area contributed by atoms with Crippen molar-refractivity contribution >= 4 is 0 Å². The lowest BCUT2D eigenvalue weighted by atomic mass is 10.4. The van der Waals surface area contributed by atoms with E-state index in [1.807, 2.05) is 0 Å². The SMILES string of the molecule is OCc1nn(O)cc1O. The fourth-order valence-corrected chi connectivity index (χ4v) is 0.500. The first kappa shape index (κ1) is 5.90. The smallest absolute Gasteiger partial charge is 0.163 e. The van der Waals surface area contributed by atoms with Crippen molar-refractivity contribution in [1.82, 2.24) is 9.94 Å². The van der Waals surface area contributed by atoms with E-state index in [1.54, 1.807) is 0 Å². The Kier molecular flexibility index (Phi) is 1.27. The Bertz CT molecular complexity index is 208. The van der Waals surface area contributed by atoms with Crippen molar-refractivity contribution < 1.29 is 15.4 Å². The zero-order valence-electron chi connectivity index (χ0n) is 4.52. The average Bonchev–Trinajstić information content (AvgIpc) is 2.10. The van der Waals surface area contributed by atoms with Gasteiger partial charge in [-0.05, 0) is 0 Å². The molecule has 0 amide bonds. The zero-order chi connectivity index (χ0) is 6.85. The summed E-state index contributed by atoms with van der Waals surface area (Å²) in [6, 6.07) is 0. The number of aliphatic hydroxyl groups excluding tert-OH is 1. The van der Waals surface area contributed by atoms with E-state index in [9.17, 15) is 0 Å². The predicted octanol–water partition coefficient (Wildman–Crippen LogP) is -0.682. The Balaban J connectivity index is 3.01. The van der Waals surface area contributed by atoms with Crippen LogP contribution in [0, 0.1) is 0 Å². The van der Waals surface area contributed by atoms with Gasteiger partial charge < -0.3 is 15.4 Å². The third-order valence-electron chi connectivity index (χ3n) is 0.906. The second kappa shape index (κ2) is 1.94. The van der Waals surface area contributed by atoms with Crippen LogP contribution in [0.5, 0.6) is 5.75 Å². The van der Waals surface area contributed by atoms with Crippen molar-refractivity contribution in [3.05, 3.63) is 11.9 Å². The molecular formula is C4H6N2O3. The molecule has 0 bridgehead atoms. The molecule has 0 fully saturated rings. The number of aliphatic hydroxyl groups is 1.